The van der Waals surface area contributed by atoms with Gasteiger partial charge in [-0.1, -0.05) is 0 Å². The minimum atomic E-state index is -0.479. The SMILES string of the molecule is CCN(CC)c1nc2cc(C(=O)OC)ccc2c(=O)n1-c1ccc(OC)c(OC)c1. The Bertz CT molecular complexity index is 1140. The van der Waals surface area contributed by atoms with Crippen LogP contribution in [0.3, 0.4) is 0 Å². The number of ether oxygens (including phenoxy) is 3. The molecule has 0 amide bonds. The van der Waals surface area contributed by atoms with Gasteiger partial charge < -0.3 is 19.1 Å². The number of aromatic nitrogens is 2. The maximum Gasteiger partial charge on any atom is 0.337 e. The highest BCUT2D eigenvalue weighted by Crippen LogP contribution is 2.30. The standard InChI is InChI=1S/C22H25N3O5/c1-6-24(7-2)22-23-17-12-14(21(27)30-5)8-10-16(17)20(26)25(22)15-9-11-18(28-3)19(13-15)29-4/h8-13H,6-7H2,1-5H3. The second-order valence-electron chi connectivity index (χ2n) is 6.49. The van der Waals surface area contributed by atoms with Gasteiger partial charge in [0.1, 0.15) is 0 Å². The molecule has 0 atom stereocenters. The van der Waals surface area contributed by atoms with E-state index in [0.717, 1.165) is 0 Å². The van der Waals surface area contributed by atoms with Crippen molar-refractivity contribution in [2.45, 2.75) is 13.8 Å². The maximum absolute atomic E-state index is 13.5. The third kappa shape index (κ3) is 3.68. The van der Waals surface area contributed by atoms with Gasteiger partial charge in [0.25, 0.3) is 5.56 Å². The summed E-state index contributed by atoms with van der Waals surface area (Å²) in [6.45, 7) is 5.28. The monoisotopic (exact) mass is 411 g/mol. The minimum absolute atomic E-state index is 0.245. The molecule has 158 valence electrons. The fourth-order valence-corrected chi connectivity index (χ4v) is 3.33. The Morgan fingerprint density at radius 1 is 1.00 bits per heavy atom. The molecule has 0 aliphatic carbocycles. The molecule has 0 radical (unpaired) electrons. The van der Waals surface area contributed by atoms with Crippen molar-refractivity contribution in [2.24, 2.45) is 0 Å². The third-order valence-electron chi connectivity index (χ3n) is 4.94. The van der Waals surface area contributed by atoms with Crippen LogP contribution in [0.1, 0.15) is 24.2 Å². The first-order chi connectivity index (χ1) is 14.5. The van der Waals surface area contributed by atoms with Gasteiger partial charge in [-0.25, -0.2) is 14.3 Å². The van der Waals surface area contributed by atoms with Crippen molar-refractivity contribution in [2.75, 3.05) is 39.3 Å². The van der Waals surface area contributed by atoms with E-state index in [1.165, 1.54) is 7.11 Å². The summed E-state index contributed by atoms with van der Waals surface area (Å²) in [6, 6.07) is 10.0. The van der Waals surface area contributed by atoms with E-state index in [9.17, 15) is 9.59 Å². The van der Waals surface area contributed by atoms with Crippen molar-refractivity contribution >= 4 is 22.8 Å². The lowest BCUT2D eigenvalue weighted by Gasteiger charge is -2.24. The lowest BCUT2D eigenvalue weighted by molar-refractivity contribution is 0.0601. The van der Waals surface area contributed by atoms with Crippen LogP contribution in [0, 0.1) is 0 Å². The quantitative estimate of drug-likeness (QED) is 0.553. The van der Waals surface area contributed by atoms with Crippen LogP contribution in [0.5, 0.6) is 11.5 Å². The van der Waals surface area contributed by atoms with Crippen LogP contribution in [-0.2, 0) is 4.74 Å². The molecule has 3 aromatic rings. The van der Waals surface area contributed by atoms with E-state index in [1.54, 1.807) is 55.2 Å². The summed E-state index contributed by atoms with van der Waals surface area (Å²) < 4.78 is 17.1. The molecule has 8 heteroatoms. The van der Waals surface area contributed by atoms with Crippen LogP contribution in [0.15, 0.2) is 41.2 Å². The number of methoxy groups -OCH3 is 3. The Morgan fingerprint density at radius 2 is 1.70 bits per heavy atom. The Morgan fingerprint density at radius 3 is 2.30 bits per heavy atom. The van der Waals surface area contributed by atoms with Crippen LogP contribution < -0.4 is 19.9 Å². The summed E-state index contributed by atoms with van der Waals surface area (Å²) in [6.07, 6.45) is 0. The first kappa shape index (κ1) is 21.2. The average Bonchev–Trinajstić information content (AvgIpc) is 2.78. The molecule has 8 nitrogen and oxygen atoms in total. The molecule has 1 heterocycles. The molecule has 2 aromatic carbocycles. The fraction of sp³-hybridized carbons (Fsp3) is 0.318. The highest BCUT2D eigenvalue weighted by Gasteiger charge is 2.19. The van der Waals surface area contributed by atoms with Crippen LogP contribution >= 0.6 is 0 Å². The molecule has 30 heavy (non-hydrogen) atoms. The van der Waals surface area contributed by atoms with E-state index in [-0.39, 0.29) is 5.56 Å². The van der Waals surface area contributed by atoms with Crippen molar-refractivity contribution < 1.29 is 19.0 Å². The predicted molar refractivity (Wildman–Crippen MR) is 115 cm³/mol. The molecule has 0 aliphatic rings. The average molecular weight is 411 g/mol. The fourth-order valence-electron chi connectivity index (χ4n) is 3.33. The van der Waals surface area contributed by atoms with E-state index < -0.39 is 5.97 Å². The third-order valence-corrected chi connectivity index (χ3v) is 4.94. The highest BCUT2D eigenvalue weighted by molar-refractivity contribution is 5.94. The predicted octanol–water partition coefficient (Wildman–Crippen LogP) is 3.04. The van der Waals surface area contributed by atoms with Gasteiger partial charge in [0.2, 0.25) is 5.95 Å². The molecule has 0 saturated heterocycles. The number of hydrogen-bond acceptors (Lipinski definition) is 7. The number of nitrogens with zero attached hydrogens (tertiary/aromatic N) is 3. The van der Waals surface area contributed by atoms with Crippen molar-refractivity contribution in [1.29, 1.82) is 0 Å². The van der Waals surface area contributed by atoms with Crippen molar-refractivity contribution in [3.8, 4) is 17.2 Å². The van der Waals surface area contributed by atoms with Crippen LogP contribution in [-0.4, -0.2) is 49.9 Å². The second-order valence-corrected chi connectivity index (χ2v) is 6.49. The summed E-state index contributed by atoms with van der Waals surface area (Å²) >= 11 is 0. The van der Waals surface area contributed by atoms with Gasteiger partial charge in [0.15, 0.2) is 11.5 Å². The van der Waals surface area contributed by atoms with Gasteiger partial charge >= 0.3 is 5.97 Å². The first-order valence-corrected chi connectivity index (χ1v) is 9.61. The molecule has 0 spiro atoms. The summed E-state index contributed by atoms with van der Waals surface area (Å²) in [7, 11) is 4.42. The number of carbonyl (C=O) groups is 1. The lowest BCUT2D eigenvalue weighted by atomic mass is 10.1. The zero-order chi connectivity index (χ0) is 21.8. The maximum atomic E-state index is 13.5. The molecule has 0 fully saturated rings. The molecule has 1 aromatic heterocycles. The van der Waals surface area contributed by atoms with Gasteiger partial charge in [-0.2, -0.15) is 0 Å². The van der Waals surface area contributed by atoms with Gasteiger partial charge in [-0.3, -0.25) is 4.79 Å². The molecule has 3 rings (SSSR count). The van der Waals surface area contributed by atoms with Crippen LogP contribution in [0.2, 0.25) is 0 Å². The molecular weight excluding hydrogens is 386 g/mol. The van der Waals surface area contributed by atoms with Gasteiger partial charge in [0.05, 0.1) is 43.5 Å². The van der Waals surface area contributed by atoms with Gasteiger partial charge in [-0.15, -0.1) is 0 Å². The number of benzene rings is 2. The summed E-state index contributed by atoms with van der Waals surface area (Å²) in [4.78, 5) is 32.1. The number of hydrogen-bond donors (Lipinski definition) is 0. The number of anilines is 1. The Labute approximate surface area is 174 Å². The van der Waals surface area contributed by atoms with E-state index in [2.05, 4.69) is 0 Å². The largest absolute Gasteiger partial charge is 0.493 e. The first-order valence-electron chi connectivity index (χ1n) is 9.61. The lowest BCUT2D eigenvalue weighted by Crippen LogP contribution is -2.32. The van der Waals surface area contributed by atoms with Crippen LogP contribution in [0.25, 0.3) is 16.6 Å². The van der Waals surface area contributed by atoms with Gasteiger partial charge in [0, 0.05) is 19.2 Å². The zero-order valence-corrected chi connectivity index (χ0v) is 17.8. The normalized spacial score (nSPS) is 10.7. The number of fused-ring (bicyclic) bond motifs is 1. The van der Waals surface area contributed by atoms with E-state index in [0.29, 0.717) is 52.7 Å². The number of esters is 1. The Balaban J connectivity index is 2.34. The summed E-state index contributed by atoms with van der Waals surface area (Å²) in [5.74, 6) is 1.07. The Kier molecular flexibility index (Phi) is 6.25. The van der Waals surface area contributed by atoms with Crippen molar-refractivity contribution in [3.63, 3.8) is 0 Å². The summed E-state index contributed by atoms with van der Waals surface area (Å²) in [5, 5.41) is 0.397. The summed E-state index contributed by atoms with van der Waals surface area (Å²) in [5.41, 5.74) is 1.13. The van der Waals surface area contributed by atoms with E-state index >= 15 is 0 Å². The molecule has 0 N–H and O–H groups in total. The number of carbonyl (C=O) groups excluding carboxylic acids is 1. The molecule has 0 bridgehead atoms. The topological polar surface area (TPSA) is 82.9 Å². The number of rotatable bonds is 7. The zero-order valence-electron chi connectivity index (χ0n) is 17.8. The Hall–Kier alpha value is -3.55. The molecule has 0 saturated carbocycles. The van der Waals surface area contributed by atoms with Crippen LogP contribution in [0.4, 0.5) is 5.95 Å². The molecule has 0 unspecified atom stereocenters. The van der Waals surface area contributed by atoms with E-state index in [1.807, 2.05) is 18.7 Å². The van der Waals surface area contributed by atoms with Gasteiger partial charge in [-0.05, 0) is 44.2 Å². The van der Waals surface area contributed by atoms with E-state index in [4.69, 9.17) is 19.2 Å². The highest BCUT2D eigenvalue weighted by atomic mass is 16.5. The van der Waals surface area contributed by atoms with Crippen molar-refractivity contribution in [1.82, 2.24) is 9.55 Å². The smallest absolute Gasteiger partial charge is 0.337 e. The van der Waals surface area contributed by atoms with Crippen molar-refractivity contribution in [3.05, 3.63) is 52.3 Å². The second kappa shape index (κ2) is 8.86. The molecular formula is C22H25N3O5. The minimum Gasteiger partial charge on any atom is -0.493 e. The molecule has 0 aliphatic heterocycles.